The maximum Gasteiger partial charge on any atom is 0.335 e. The Bertz CT molecular complexity index is 645. The van der Waals surface area contributed by atoms with E-state index in [0.29, 0.717) is 11.8 Å². The van der Waals surface area contributed by atoms with Gasteiger partial charge in [0.25, 0.3) is 0 Å². The number of hydrogen-bond donors (Lipinski definition) is 0. The fourth-order valence-corrected chi connectivity index (χ4v) is 1.49. The van der Waals surface area contributed by atoms with E-state index in [0.717, 1.165) is 10.5 Å². The van der Waals surface area contributed by atoms with E-state index < -0.39 is 16.2 Å². The summed E-state index contributed by atoms with van der Waals surface area (Å²) in [5, 5.41) is 10.6. The van der Waals surface area contributed by atoms with Gasteiger partial charge in [-0.1, -0.05) is 6.07 Å². The number of nitrogens with zero attached hydrogens (tertiary/aromatic N) is 2. The van der Waals surface area contributed by atoms with E-state index in [1.807, 2.05) is 0 Å². The SMILES string of the molecule is O=Cc1cc([N+](=O)[O-])c(=O)n2ccccc12. The second-order valence-corrected chi connectivity index (χ2v) is 3.12. The summed E-state index contributed by atoms with van der Waals surface area (Å²) >= 11 is 0. The number of hydrogen-bond acceptors (Lipinski definition) is 4. The first-order valence-electron chi connectivity index (χ1n) is 4.39. The molecule has 0 radical (unpaired) electrons. The van der Waals surface area contributed by atoms with Gasteiger partial charge in [-0.25, -0.2) is 0 Å². The minimum Gasteiger partial charge on any atom is -0.298 e. The van der Waals surface area contributed by atoms with Crippen molar-refractivity contribution in [1.82, 2.24) is 4.40 Å². The summed E-state index contributed by atoms with van der Waals surface area (Å²) in [4.78, 5) is 32.2. The smallest absolute Gasteiger partial charge is 0.298 e. The first-order valence-corrected chi connectivity index (χ1v) is 4.39. The van der Waals surface area contributed by atoms with Crippen LogP contribution in [0.1, 0.15) is 10.4 Å². The van der Waals surface area contributed by atoms with Gasteiger partial charge in [0, 0.05) is 17.8 Å². The molecule has 2 aromatic heterocycles. The molecule has 0 saturated carbocycles. The van der Waals surface area contributed by atoms with Crippen LogP contribution in [-0.2, 0) is 0 Å². The summed E-state index contributed by atoms with van der Waals surface area (Å²) in [6, 6.07) is 5.75. The molecule has 0 atom stereocenters. The minimum atomic E-state index is -0.797. The molecule has 0 aliphatic carbocycles. The monoisotopic (exact) mass is 218 g/mol. The van der Waals surface area contributed by atoms with Crippen molar-refractivity contribution < 1.29 is 9.72 Å². The number of aldehydes is 1. The van der Waals surface area contributed by atoms with Crippen molar-refractivity contribution in [3.05, 3.63) is 56.5 Å². The van der Waals surface area contributed by atoms with E-state index in [4.69, 9.17) is 0 Å². The standard InChI is InChI=1S/C10H6N2O4/c13-6-7-5-9(12(15)16)10(14)11-4-2-1-3-8(7)11/h1-6H. The Morgan fingerprint density at radius 3 is 2.75 bits per heavy atom. The molecular formula is C10H6N2O4. The zero-order valence-electron chi connectivity index (χ0n) is 7.99. The van der Waals surface area contributed by atoms with Gasteiger partial charge in [0.05, 0.1) is 10.4 Å². The van der Waals surface area contributed by atoms with Crippen molar-refractivity contribution in [2.45, 2.75) is 0 Å². The summed E-state index contributed by atoms with van der Waals surface area (Å²) in [5.41, 5.74) is -0.878. The zero-order valence-corrected chi connectivity index (χ0v) is 7.99. The summed E-state index contributed by atoms with van der Waals surface area (Å²) in [7, 11) is 0. The predicted molar refractivity (Wildman–Crippen MR) is 55.7 cm³/mol. The van der Waals surface area contributed by atoms with Gasteiger partial charge in [-0.2, -0.15) is 0 Å². The van der Waals surface area contributed by atoms with E-state index in [1.165, 1.54) is 6.20 Å². The number of aromatic nitrogens is 1. The highest BCUT2D eigenvalue weighted by Crippen LogP contribution is 2.12. The van der Waals surface area contributed by atoms with Crippen molar-refractivity contribution in [1.29, 1.82) is 0 Å². The number of carbonyl (C=O) groups excluding carboxylic acids is 1. The van der Waals surface area contributed by atoms with Crippen LogP contribution in [0.5, 0.6) is 0 Å². The van der Waals surface area contributed by atoms with Gasteiger partial charge in [0.2, 0.25) is 0 Å². The third-order valence-electron chi connectivity index (χ3n) is 2.21. The third kappa shape index (κ3) is 1.36. The average Bonchev–Trinajstić information content (AvgIpc) is 2.29. The van der Waals surface area contributed by atoms with Crippen LogP contribution in [-0.4, -0.2) is 15.6 Å². The Labute approximate surface area is 88.9 Å². The maximum atomic E-state index is 11.6. The largest absolute Gasteiger partial charge is 0.335 e. The zero-order chi connectivity index (χ0) is 11.7. The van der Waals surface area contributed by atoms with Gasteiger partial charge in [0.15, 0.2) is 6.29 Å². The minimum absolute atomic E-state index is 0.118. The van der Waals surface area contributed by atoms with Crippen molar-refractivity contribution in [2.24, 2.45) is 0 Å². The van der Waals surface area contributed by atoms with Crippen LogP contribution >= 0.6 is 0 Å². The fraction of sp³-hybridized carbons (Fsp3) is 0. The summed E-state index contributed by atoms with van der Waals surface area (Å²) in [6.07, 6.45) is 1.87. The number of fused-ring (bicyclic) bond motifs is 1. The second-order valence-electron chi connectivity index (χ2n) is 3.12. The van der Waals surface area contributed by atoms with Gasteiger partial charge in [-0.15, -0.1) is 0 Å². The van der Waals surface area contributed by atoms with Gasteiger partial charge in [-0.3, -0.25) is 24.1 Å². The van der Waals surface area contributed by atoms with Crippen LogP contribution in [0.2, 0.25) is 0 Å². The molecule has 16 heavy (non-hydrogen) atoms. The van der Waals surface area contributed by atoms with E-state index in [-0.39, 0.29) is 5.56 Å². The molecule has 0 fully saturated rings. The van der Waals surface area contributed by atoms with Crippen LogP contribution in [0.15, 0.2) is 35.3 Å². The van der Waals surface area contributed by atoms with Gasteiger partial charge < -0.3 is 0 Å². The Hall–Kier alpha value is -2.50. The number of nitro groups is 1. The number of carbonyl (C=O) groups is 1. The van der Waals surface area contributed by atoms with Crippen LogP contribution in [0.4, 0.5) is 5.69 Å². The van der Waals surface area contributed by atoms with Crippen molar-refractivity contribution in [2.75, 3.05) is 0 Å². The predicted octanol–water partition coefficient (Wildman–Crippen LogP) is 1.02. The molecule has 6 heteroatoms. The molecule has 80 valence electrons. The molecular weight excluding hydrogens is 212 g/mol. The van der Waals surface area contributed by atoms with Crippen molar-refractivity contribution in [3.8, 4) is 0 Å². The van der Waals surface area contributed by atoms with Gasteiger partial charge >= 0.3 is 11.2 Å². The molecule has 0 spiro atoms. The van der Waals surface area contributed by atoms with Gasteiger partial charge in [0.1, 0.15) is 0 Å². The number of pyridine rings is 2. The molecule has 0 amide bonds. The van der Waals surface area contributed by atoms with Crippen LogP contribution in [0, 0.1) is 10.1 Å². The molecule has 2 rings (SSSR count). The normalized spacial score (nSPS) is 10.2. The van der Waals surface area contributed by atoms with Crippen LogP contribution in [0.25, 0.3) is 5.52 Å². The summed E-state index contributed by atoms with van der Waals surface area (Å²) in [6.45, 7) is 0. The average molecular weight is 218 g/mol. The lowest BCUT2D eigenvalue weighted by atomic mass is 10.2. The Kier molecular flexibility index (Phi) is 2.24. The summed E-state index contributed by atoms with van der Waals surface area (Å²) < 4.78 is 1.09. The van der Waals surface area contributed by atoms with E-state index in [9.17, 15) is 19.7 Å². The van der Waals surface area contributed by atoms with E-state index in [2.05, 4.69) is 0 Å². The van der Waals surface area contributed by atoms with Crippen LogP contribution in [0.3, 0.4) is 0 Å². The number of rotatable bonds is 2. The highest BCUT2D eigenvalue weighted by molar-refractivity contribution is 5.86. The lowest BCUT2D eigenvalue weighted by Gasteiger charge is -2.02. The Morgan fingerprint density at radius 1 is 1.38 bits per heavy atom. The molecule has 2 heterocycles. The fourth-order valence-electron chi connectivity index (χ4n) is 1.49. The van der Waals surface area contributed by atoms with Gasteiger partial charge in [-0.05, 0) is 12.1 Å². The van der Waals surface area contributed by atoms with E-state index in [1.54, 1.807) is 18.2 Å². The second kappa shape index (κ2) is 3.58. The van der Waals surface area contributed by atoms with E-state index >= 15 is 0 Å². The lowest BCUT2D eigenvalue weighted by molar-refractivity contribution is -0.386. The van der Waals surface area contributed by atoms with Crippen molar-refractivity contribution in [3.63, 3.8) is 0 Å². The van der Waals surface area contributed by atoms with Crippen LogP contribution < -0.4 is 5.56 Å². The van der Waals surface area contributed by atoms with Crippen molar-refractivity contribution >= 4 is 17.5 Å². The highest BCUT2D eigenvalue weighted by Gasteiger charge is 2.16. The molecule has 2 aromatic rings. The Morgan fingerprint density at radius 2 is 2.12 bits per heavy atom. The molecule has 0 unspecified atom stereocenters. The first-order chi connectivity index (χ1) is 7.65. The first kappa shape index (κ1) is 10.0. The summed E-state index contributed by atoms with van der Waals surface area (Å²) in [5.74, 6) is 0. The molecule has 0 aliphatic heterocycles. The quantitative estimate of drug-likeness (QED) is 0.428. The highest BCUT2D eigenvalue weighted by atomic mass is 16.6. The molecule has 0 aromatic carbocycles. The Balaban J connectivity index is 3.00. The molecule has 0 N–H and O–H groups in total. The molecule has 6 nitrogen and oxygen atoms in total. The third-order valence-corrected chi connectivity index (χ3v) is 2.21. The maximum absolute atomic E-state index is 11.6. The molecule has 0 bridgehead atoms. The molecule has 0 saturated heterocycles. The molecule has 0 aliphatic rings. The lowest BCUT2D eigenvalue weighted by Crippen LogP contribution is -2.18. The topological polar surface area (TPSA) is 81.7 Å².